The molecular weight excluding hydrogens is 570 g/mol. The molecular formula is C34H34F6O3. The van der Waals surface area contributed by atoms with E-state index < -0.39 is 52.0 Å². The predicted octanol–water partition coefficient (Wildman–Crippen LogP) is 9.43. The van der Waals surface area contributed by atoms with E-state index in [9.17, 15) is 22.0 Å². The maximum atomic E-state index is 15.3. The summed E-state index contributed by atoms with van der Waals surface area (Å²) in [6.07, 6.45) is 7.65. The average molecular weight is 605 g/mol. The minimum Gasteiger partial charge on any atom is -0.326 e. The molecule has 9 heteroatoms. The molecule has 0 aromatic heterocycles. The summed E-state index contributed by atoms with van der Waals surface area (Å²) in [4.78, 5) is 0. The van der Waals surface area contributed by atoms with Gasteiger partial charge in [-0.15, -0.1) is 0 Å². The first kappa shape index (κ1) is 30.2. The van der Waals surface area contributed by atoms with Crippen molar-refractivity contribution >= 4 is 0 Å². The third kappa shape index (κ3) is 5.71. The lowest BCUT2D eigenvalue weighted by molar-refractivity contribution is -0.488. The molecule has 3 aromatic rings. The SMILES string of the molecule is CCCCCC12COC(C3CCC(c4ccc(-c5cc(F)c(-c6cc(F)c(F)c(F)c6)c(F)c5)c(F)c4)CC3)(OC1)OC2. The Bertz CT molecular complexity index is 1430. The van der Waals surface area contributed by atoms with Crippen molar-refractivity contribution in [2.75, 3.05) is 19.8 Å². The molecule has 0 atom stereocenters. The molecule has 2 bridgehead atoms. The van der Waals surface area contributed by atoms with Gasteiger partial charge in [0, 0.05) is 16.9 Å². The molecule has 1 saturated carbocycles. The number of halogens is 6. The molecule has 3 saturated heterocycles. The highest BCUT2D eigenvalue weighted by molar-refractivity contribution is 5.72. The van der Waals surface area contributed by atoms with Crippen LogP contribution in [0.5, 0.6) is 0 Å². The predicted molar refractivity (Wildman–Crippen MR) is 149 cm³/mol. The van der Waals surface area contributed by atoms with Crippen LogP contribution in [-0.2, 0) is 14.2 Å². The maximum Gasteiger partial charge on any atom is 0.285 e. The van der Waals surface area contributed by atoms with Crippen LogP contribution >= 0.6 is 0 Å². The van der Waals surface area contributed by atoms with Crippen LogP contribution in [0.3, 0.4) is 0 Å². The fourth-order valence-electron chi connectivity index (χ4n) is 6.84. The molecule has 3 heterocycles. The van der Waals surface area contributed by atoms with E-state index in [-0.39, 0.29) is 28.4 Å². The lowest BCUT2D eigenvalue weighted by Crippen LogP contribution is -2.63. The normalized spacial score (nSPS) is 27.0. The van der Waals surface area contributed by atoms with Gasteiger partial charge in [-0.05, 0) is 85.0 Å². The summed E-state index contributed by atoms with van der Waals surface area (Å²) in [6, 6.07) is 7.44. The third-order valence-electron chi connectivity index (χ3n) is 9.37. The van der Waals surface area contributed by atoms with Crippen LogP contribution < -0.4 is 0 Å². The first-order valence-electron chi connectivity index (χ1n) is 15.0. The Morgan fingerprint density at radius 3 is 1.81 bits per heavy atom. The second-order valence-corrected chi connectivity index (χ2v) is 12.3. The van der Waals surface area contributed by atoms with Crippen molar-refractivity contribution in [3.05, 3.63) is 82.9 Å². The Balaban J connectivity index is 1.12. The van der Waals surface area contributed by atoms with E-state index in [1.807, 2.05) is 0 Å². The van der Waals surface area contributed by atoms with Crippen LogP contribution in [-0.4, -0.2) is 25.8 Å². The Morgan fingerprint density at radius 1 is 0.674 bits per heavy atom. The zero-order valence-corrected chi connectivity index (χ0v) is 24.0. The second kappa shape index (κ2) is 11.9. The first-order valence-corrected chi connectivity index (χ1v) is 15.0. The van der Waals surface area contributed by atoms with E-state index in [1.54, 1.807) is 6.07 Å². The molecule has 4 aliphatic rings. The highest BCUT2D eigenvalue weighted by atomic mass is 19.2. The van der Waals surface area contributed by atoms with Crippen LogP contribution in [0.25, 0.3) is 22.3 Å². The standard InChI is InChI=1S/C34H34F6O3/c1-2-3-4-11-33-17-41-34(42-18-33,43-19-33)24-8-5-20(6-9-24)21-7-10-25(26(35)12-21)22-13-27(36)31(28(37)14-22)23-15-29(38)32(40)30(39)16-23/h7,10,12-16,20,24H,2-6,8-9,11,17-19H2,1H3. The van der Waals surface area contributed by atoms with Gasteiger partial charge < -0.3 is 14.2 Å². The van der Waals surface area contributed by atoms with Gasteiger partial charge in [0.05, 0.1) is 25.4 Å². The number of rotatable bonds is 8. The van der Waals surface area contributed by atoms with Gasteiger partial charge in [-0.3, -0.25) is 0 Å². The number of hydrogen-bond donors (Lipinski definition) is 0. The number of ether oxygens (including phenoxy) is 3. The van der Waals surface area contributed by atoms with E-state index in [2.05, 4.69) is 6.92 Å². The van der Waals surface area contributed by atoms with Crippen molar-refractivity contribution < 1.29 is 40.6 Å². The van der Waals surface area contributed by atoms with Gasteiger partial charge in [-0.25, -0.2) is 26.3 Å². The Hall–Kier alpha value is -2.88. The topological polar surface area (TPSA) is 27.7 Å². The number of hydrogen-bond acceptors (Lipinski definition) is 3. The molecule has 4 fully saturated rings. The van der Waals surface area contributed by atoms with E-state index in [0.29, 0.717) is 32.0 Å². The van der Waals surface area contributed by atoms with Gasteiger partial charge in [0.2, 0.25) is 0 Å². The maximum absolute atomic E-state index is 15.3. The Morgan fingerprint density at radius 2 is 1.26 bits per heavy atom. The molecule has 3 nitrogen and oxygen atoms in total. The molecule has 0 amide bonds. The minimum atomic E-state index is -1.74. The number of unbranched alkanes of at least 4 members (excludes halogenated alkanes) is 2. The molecule has 0 spiro atoms. The van der Waals surface area contributed by atoms with Crippen molar-refractivity contribution in [1.82, 2.24) is 0 Å². The number of benzene rings is 3. The monoisotopic (exact) mass is 604 g/mol. The minimum absolute atomic E-state index is 0.0147. The van der Waals surface area contributed by atoms with Gasteiger partial charge >= 0.3 is 0 Å². The van der Waals surface area contributed by atoms with Gasteiger partial charge in [0.25, 0.3) is 5.97 Å². The first-order chi connectivity index (χ1) is 20.6. The summed E-state index contributed by atoms with van der Waals surface area (Å²) < 4.78 is 105. The zero-order chi connectivity index (χ0) is 30.4. The summed E-state index contributed by atoms with van der Waals surface area (Å²) >= 11 is 0. The van der Waals surface area contributed by atoms with Gasteiger partial charge in [-0.1, -0.05) is 38.3 Å². The summed E-state index contributed by atoms with van der Waals surface area (Å²) in [5.74, 6) is -8.66. The van der Waals surface area contributed by atoms with Crippen LogP contribution in [0.2, 0.25) is 0 Å². The summed E-state index contributed by atoms with van der Waals surface area (Å²) in [7, 11) is 0. The summed E-state index contributed by atoms with van der Waals surface area (Å²) in [6.45, 7) is 4.11. The fourth-order valence-corrected chi connectivity index (χ4v) is 6.84. The zero-order valence-electron chi connectivity index (χ0n) is 24.0. The van der Waals surface area contributed by atoms with Gasteiger partial charge in [-0.2, -0.15) is 0 Å². The van der Waals surface area contributed by atoms with Crippen LogP contribution in [0, 0.1) is 46.2 Å². The van der Waals surface area contributed by atoms with Crippen molar-refractivity contribution in [3.63, 3.8) is 0 Å². The lowest BCUT2D eigenvalue weighted by atomic mass is 9.76. The molecule has 3 aliphatic heterocycles. The number of fused-ring (bicyclic) bond motifs is 3. The van der Waals surface area contributed by atoms with Crippen LogP contribution in [0.4, 0.5) is 26.3 Å². The molecule has 0 unspecified atom stereocenters. The molecule has 1 aliphatic carbocycles. The van der Waals surface area contributed by atoms with Crippen LogP contribution in [0.1, 0.15) is 69.8 Å². The summed E-state index contributed by atoms with van der Waals surface area (Å²) in [5, 5.41) is 0. The summed E-state index contributed by atoms with van der Waals surface area (Å²) in [5.41, 5.74) is -0.588. The quantitative estimate of drug-likeness (QED) is 0.146. The molecule has 3 aromatic carbocycles. The van der Waals surface area contributed by atoms with Gasteiger partial charge in [0.1, 0.15) is 17.5 Å². The fraction of sp³-hybridized carbons (Fsp3) is 0.471. The van der Waals surface area contributed by atoms with E-state index in [0.717, 1.165) is 62.6 Å². The highest BCUT2D eigenvalue weighted by Crippen LogP contribution is 2.50. The highest BCUT2D eigenvalue weighted by Gasteiger charge is 2.56. The Kier molecular flexibility index (Phi) is 8.35. The average Bonchev–Trinajstić information content (AvgIpc) is 3.00. The Labute approximate surface area is 247 Å². The largest absolute Gasteiger partial charge is 0.326 e. The van der Waals surface area contributed by atoms with Crippen molar-refractivity contribution in [2.24, 2.45) is 11.3 Å². The molecule has 7 rings (SSSR count). The van der Waals surface area contributed by atoms with E-state index in [4.69, 9.17) is 14.2 Å². The third-order valence-corrected chi connectivity index (χ3v) is 9.37. The van der Waals surface area contributed by atoms with Crippen molar-refractivity contribution in [1.29, 1.82) is 0 Å². The van der Waals surface area contributed by atoms with Crippen molar-refractivity contribution in [3.8, 4) is 22.3 Å². The van der Waals surface area contributed by atoms with Crippen LogP contribution in [0.15, 0.2) is 42.5 Å². The van der Waals surface area contributed by atoms with Gasteiger partial charge in [0.15, 0.2) is 17.5 Å². The molecule has 230 valence electrons. The van der Waals surface area contributed by atoms with E-state index in [1.165, 1.54) is 18.6 Å². The smallest absolute Gasteiger partial charge is 0.285 e. The molecule has 43 heavy (non-hydrogen) atoms. The van der Waals surface area contributed by atoms with E-state index >= 15 is 4.39 Å². The lowest BCUT2D eigenvalue weighted by Gasteiger charge is -2.55. The second-order valence-electron chi connectivity index (χ2n) is 12.3. The van der Waals surface area contributed by atoms with Crippen molar-refractivity contribution in [2.45, 2.75) is 70.2 Å². The molecule has 0 radical (unpaired) electrons. The molecule has 0 N–H and O–H groups in total.